The van der Waals surface area contributed by atoms with Crippen molar-refractivity contribution in [3.05, 3.63) is 11.6 Å². The average molecular weight is 425 g/mol. The van der Waals surface area contributed by atoms with Crippen molar-refractivity contribution in [3.63, 3.8) is 0 Å². The van der Waals surface area contributed by atoms with E-state index in [1.54, 1.807) is 14.0 Å². The molecule has 6 atom stereocenters. The summed E-state index contributed by atoms with van der Waals surface area (Å²) in [5.41, 5.74) is 0.673. The maximum Gasteiger partial charge on any atom is 0.407 e. The largest absolute Gasteiger partial charge is 0.443 e. The molecule has 3 unspecified atom stereocenters. The predicted octanol–water partition coefficient (Wildman–Crippen LogP) is 2.32. The van der Waals surface area contributed by atoms with Crippen LogP contribution in [-0.4, -0.2) is 68.3 Å². The third-order valence-electron chi connectivity index (χ3n) is 6.53. The zero-order valence-electron chi connectivity index (χ0n) is 18.8. The summed E-state index contributed by atoms with van der Waals surface area (Å²) in [5.74, 6) is -0.0456. The molecule has 3 rings (SSSR count). The van der Waals surface area contributed by atoms with Gasteiger partial charge in [0.1, 0.15) is 23.4 Å². The van der Waals surface area contributed by atoms with Gasteiger partial charge in [-0.15, -0.1) is 0 Å². The van der Waals surface area contributed by atoms with Gasteiger partial charge in [0.05, 0.1) is 18.6 Å². The molecule has 2 saturated heterocycles. The van der Waals surface area contributed by atoms with Gasteiger partial charge >= 0.3 is 6.09 Å². The Balaban J connectivity index is 1.59. The molecule has 2 heterocycles. The van der Waals surface area contributed by atoms with Crippen LogP contribution in [0.1, 0.15) is 53.4 Å². The Kier molecular flexibility index (Phi) is 7.09. The molecule has 2 amide bonds. The minimum atomic E-state index is -0.498. The van der Waals surface area contributed by atoms with Crippen molar-refractivity contribution in [1.82, 2.24) is 10.6 Å². The normalized spacial score (nSPS) is 36.7. The number of amides is 2. The van der Waals surface area contributed by atoms with E-state index in [1.165, 1.54) is 5.57 Å². The Morgan fingerprint density at radius 3 is 2.53 bits per heavy atom. The second kappa shape index (κ2) is 9.24. The smallest absolute Gasteiger partial charge is 0.407 e. The number of ether oxygens (including phenoxy) is 4. The maximum atomic E-state index is 12.3. The fraction of sp³-hybridized carbons (Fsp3) is 0.818. The monoisotopic (exact) mass is 424 g/mol. The van der Waals surface area contributed by atoms with E-state index in [-0.39, 0.29) is 41.3 Å². The summed E-state index contributed by atoms with van der Waals surface area (Å²) in [6, 6.07) is 0. The van der Waals surface area contributed by atoms with E-state index < -0.39 is 6.09 Å². The van der Waals surface area contributed by atoms with Crippen LogP contribution in [-0.2, 0) is 23.7 Å². The molecule has 0 radical (unpaired) electrons. The van der Waals surface area contributed by atoms with Gasteiger partial charge in [-0.05, 0) is 40.0 Å². The SMILES string of the molecule is CCC(=O)NCCNC(=O)OC1CC[C@]2(CO2)C([C@@]2(C)O[C@@H]2CC=C(C)C)C1OC. The van der Waals surface area contributed by atoms with Crippen LogP contribution in [0, 0.1) is 5.92 Å². The number of carbonyl (C=O) groups excluding carboxylic acids is 2. The lowest BCUT2D eigenvalue weighted by atomic mass is 9.68. The topological polar surface area (TPSA) is 102 Å². The van der Waals surface area contributed by atoms with E-state index >= 15 is 0 Å². The Hall–Kier alpha value is -1.64. The molecular formula is C22H36N2O6. The number of methoxy groups -OCH3 is 1. The minimum Gasteiger partial charge on any atom is -0.443 e. The summed E-state index contributed by atoms with van der Waals surface area (Å²) < 4.78 is 23.7. The second-order valence-electron chi connectivity index (χ2n) is 8.95. The van der Waals surface area contributed by atoms with Crippen molar-refractivity contribution in [3.8, 4) is 0 Å². The first kappa shape index (κ1) is 23.0. The molecule has 3 aliphatic rings. The van der Waals surface area contributed by atoms with Gasteiger partial charge in [-0.1, -0.05) is 18.6 Å². The zero-order chi connectivity index (χ0) is 21.9. The summed E-state index contributed by atoms with van der Waals surface area (Å²) in [5, 5.41) is 5.42. The number of allylic oxidation sites excluding steroid dienone is 1. The molecule has 2 N–H and O–H groups in total. The van der Waals surface area contributed by atoms with Gasteiger partial charge in [0.2, 0.25) is 5.91 Å². The first-order valence-corrected chi connectivity index (χ1v) is 10.9. The van der Waals surface area contributed by atoms with Crippen LogP contribution in [0.4, 0.5) is 4.79 Å². The summed E-state index contributed by atoms with van der Waals surface area (Å²) in [6.45, 7) is 9.46. The summed E-state index contributed by atoms with van der Waals surface area (Å²) in [7, 11) is 1.66. The number of alkyl carbamates (subject to hydrolysis) is 1. The van der Waals surface area contributed by atoms with Gasteiger partial charge in [0.15, 0.2) is 0 Å². The predicted molar refractivity (Wildman–Crippen MR) is 111 cm³/mol. The Morgan fingerprint density at radius 2 is 1.93 bits per heavy atom. The highest BCUT2D eigenvalue weighted by atomic mass is 16.6. The zero-order valence-corrected chi connectivity index (χ0v) is 18.8. The van der Waals surface area contributed by atoms with E-state index in [0.717, 1.165) is 12.8 Å². The van der Waals surface area contributed by atoms with E-state index in [0.29, 0.717) is 32.5 Å². The van der Waals surface area contributed by atoms with Crippen molar-refractivity contribution in [2.45, 2.75) is 82.9 Å². The molecule has 3 fully saturated rings. The van der Waals surface area contributed by atoms with Gasteiger partial charge in [-0.25, -0.2) is 4.79 Å². The Morgan fingerprint density at radius 1 is 1.23 bits per heavy atom. The lowest BCUT2D eigenvalue weighted by Gasteiger charge is -2.42. The third-order valence-corrected chi connectivity index (χ3v) is 6.53. The Labute approximate surface area is 179 Å². The van der Waals surface area contributed by atoms with Crippen LogP contribution in [0.5, 0.6) is 0 Å². The molecule has 0 bridgehead atoms. The molecular weight excluding hydrogens is 388 g/mol. The van der Waals surface area contributed by atoms with E-state index in [1.807, 2.05) is 0 Å². The van der Waals surface area contributed by atoms with Crippen molar-refractivity contribution in [2.24, 2.45) is 5.92 Å². The van der Waals surface area contributed by atoms with Gasteiger partial charge in [-0.3, -0.25) is 4.79 Å². The van der Waals surface area contributed by atoms with Gasteiger partial charge in [0.25, 0.3) is 0 Å². The van der Waals surface area contributed by atoms with E-state index in [2.05, 4.69) is 37.5 Å². The number of carbonyl (C=O) groups is 2. The highest BCUT2D eigenvalue weighted by Crippen LogP contribution is 2.59. The molecule has 0 aromatic carbocycles. The first-order chi connectivity index (χ1) is 14.3. The van der Waals surface area contributed by atoms with Crippen LogP contribution >= 0.6 is 0 Å². The molecule has 8 nitrogen and oxygen atoms in total. The van der Waals surface area contributed by atoms with Crippen molar-refractivity contribution < 1.29 is 28.5 Å². The molecule has 170 valence electrons. The first-order valence-electron chi connectivity index (χ1n) is 10.9. The highest BCUT2D eigenvalue weighted by Gasteiger charge is 2.72. The van der Waals surface area contributed by atoms with E-state index in [9.17, 15) is 9.59 Å². The third kappa shape index (κ3) is 4.98. The molecule has 0 aromatic rings. The molecule has 0 aromatic heterocycles. The van der Waals surface area contributed by atoms with Gasteiger partial charge in [-0.2, -0.15) is 0 Å². The molecule has 1 spiro atoms. The molecule has 1 aliphatic carbocycles. The van der Waals surface area contributed by atoms with Crippen molar-refractivity contribution in [1.29, 1.82) is 0 Å². The van der Waals surface area contributed by atoms with Crippen molar-refractivity contribution >= 4 is 12.0 Å². The summed E-state index contributed by atoms with van der Waals surface area (Å²) in [6.07, 6.45) is 3.92. The maximum absolute atomic E-state index is 12.3. The van der Waals surface area contributed by atoms with Crippen molar-refractivity contribution in [2.75, 3.05) is 26.8 Å². The number of hydrogen-bond acceptors (Lipinski definition) is 6. The number of rotatable bonds is 9. The Bertz CT molecular complexity index is 673. The fourth-order valence-electron chi connectivity index (χ4n) is 4.74. The lowest BCUT2D eigenvalue weighted by molar-refractivity contribution is -0.120. The van der Waals surface area contributed by atoms with Crippen LogP contribution in [0.3, 0.4) is 0 Å². The van der Waals surface area contributed by atoms with Crippen LogP contribution in [0.15, 0.2) is 11.6 Å². The number of nitrogens with one attached hydrogen (secondary N) is 2. The molecule has 2 aliphatic heterocycles. The number of epoxide rings is 2. The van der Waals surface area contributed by atoms with E-state index in [4.69, 9.17) is 18.9 Å². The number of hydrogen-bond donors (Lipinski definition) is 2. The standard InChI is InChI=1S/C22H36N2O6/c1-6-17(25)23-11-12-24-20(26)29-15-9-10-22(13-28-22)19(18(15)27-5)21(4)16(30-21)8-7-14(2)3/h7,15-16,18-19H,6,8-13H2,1-5H3,(H,23,25)(H,24,26)/t15?,16-,18?,19?,21+,22+/m1/s1. The highest BCUT2D eigenvalue weighted by molar-refractivity contribution is 5.75. The molecule has 8 heteroatoms. The van der Waals surface area contributed by atoms with Crippen LogP contribution in [0.25, 0.3) is 0 Å². The fourth-order valence-corrected chi connectivity index (χ4v) is 4.74. The minimum absolute atomic E-state index is 0.000884. The summed E-state index contributed by atoms with van der Waals surface area (Å²) in [4.78, 5) is 23.6. The molecule has 1 saturated carbocycles. The van der Waals surface area contributed by atoms with Gasteiger partial charge in [0, 0.05) is 26.6 Å². The van der Waals surface area contributed by atoms with Gasteiger partial charge < -0.3 is 29.6 Å². The quantitative estimate of drug-likeness (QED) is 0.335. The second-order valence-corrected chi connectivity index (χ2v) is 8.95. The lowest BCUT2D eigenvalue weighted by Crippen LogP contribution is -2.56. The molecule has 30 heavy (non-hydrogen) atoms. The summed E-state index contributed by atoms with van der Waals surface area (Å²) >= 11 is 0. The van der Waals surface area contributed by atoms with Crippen LogP contribution in [0.2, 0.25) is 0 Å². The average Bonchev–Trinajstić information content (AvgIpc) is 3.62. The van der Waals surface area contributed by atoms with Crippen LogP contribution < -0.4 is 10.6 Å².